The average Bonchev–Trinajstić information content (AvgIpc) is 2.77. The van der Waals surface area contributed by atoms with Gasteiger partial charge in [0.15, 0.2) is 5.82 Å². The third kappa shape index (κ3) is 2.06. The molecule has 0 aliphatic rings. The lowest BCUT2D eigenvalue weighted by atomic mass is 10.2. The molecule has 6 heteroatoms. The molecule has 1 aromatic heterocycles. The van der Waals surface area contributed by atoms with Crippen molar-refractivity contribution in [1.82, 2.24) is 9.78 Å². The predicted molar refractivity (Wildman–Crippen MR) is 77.3 cm³/mol. The van der Waals surface area contributed by atoms with E-state index in [-0.39, 0.29) is 16.6 Å². The number of hydrogen-bond donors (Lipinski definition) is 1. The van der Waals surface area contributed by atoms with Gasteiger partial charge in [-0.05, 0) is 40.2 Å². The maximum atomic E-state index is 14.0. The largest absolute Gasteiger partial charge is 0.382 e. The van der Waals surface area contributed by atoms with Crippen LogP contribution in [0.3, 0.4) is 0 Å². The zero-order valence-electron chi connectivity index (χ0n) is 10.3. The number of hydrogen-bond acceptors (Lipinski definition) is 2. The van der Waals surface area contributed by atoms with Crippen LogP contribution in [0.2, 0.25) is 0 Å². The van der Waals surface area contributed by atoms with Gasteiger partial charge in [-0.1, -0.05) is 12.1 Å². The van der Waals surface area contributed by atoms with Crippen LogP contribution in [0.15, 0.2) is 40.9 Å². The molecule has 2 aromatic carbocycles. The van der Waals surface area contributed by atoms with Crippen molar-refractivity contribution < 1.29 is 8.78 Å². The van der Waals surface area contributed by atoms with E-state index >= 15 is 0 Å². The second-order valence-corrected chi connectivity index (χ2v) is 5.24. The molecule has 3 rings (SSSR count). The summed E-state index contributed by atoms with van der Waals surface area (Å²) in [5.41, 5.74) is 6.50. The molecule has 0 atom stereocenters. The minimum absolute atomic E-state index is 0.0190. The molecule has 2 N–H and O–H groups in total. The van der Waals surface area contributed by atoms with Gasteiger partial charge in [0.2, 0.25) is 0 Å². The van der Waals surface area contributed by atoms with Crippen LogP contribution >= 0.6 is 15.9 Å². The van der Waals surface area contributed by atoms with E-state index in [4.69, 9.17) is 5.73 Å². The quantitative estimate of drug-likeness (QED) is 0.724. The Morgan fingerprint density at radius 1 is 1.15 bits per heavy atom. The molecular formula is C14H10BrF2N3. The zero-order chi connectivity index (χ0) is 14.3. The molecule has 1 heterocycles. The first-order chi connectivity index (χ1) is 9.58. The number of nitrogens with two attached hydrogens (primary N) is 1. The molecule has 0 saturated carbocycles. The summed E-state index contributed by atoms with van der Waals surface area (Å²) in [4.78, 5) is 0. The van der Waals surface area contributed by atoms with Gasteiger partial charge in [-0.2, -0.15) is 5.10 Å². The van der Waals surface area contributed by atoms with Crippen LogP contribution in [0.1, 0.15) is 5.56 Å². The van der Waals surface area contributed by atoms with E-state index in [1.807, 2.05) is 24.3 Å². The Bertz CT molecular complexity index is 798. The van der Waals surface area contributed by atoms with Crippen molar-refractivity contribution in [1.29, 1.82) is 0 Å². The van der Waals surface area contributed by atoms with E-state index < -0.39 is 11.6 Å². The third-order valence-electron chi connectivity index (χ3n) is 3.13. The topological polar surface area (TPSA) is 43.8 Å². The molecule has 0 radical (unpaired) electrons. The molecule has 0 unspecified atom stereocenters. The number of anilines is 1. The van der Waals surface area contributed by atoms with Gasteiger partial charge >= 0.3 is 0 Å². The Hall–Kier alpha value is -1.95. The Labute approximate surface area is 122 Å². The molecule has 0 bridgehead atoms. The fraction of sp³-hybridized carbons (Fsp3) is 0.0714. The Morgan fingerprint density at radius 3 is 2.70 bits per heavy atom. The lowest BCUT2D eigenvalue weighted by Crippen LogP contribution is -2.07. The number of para-hydroxylation sites is 1. The predicted octanol–water partition coefficient (Wildman–Crippen LogP) is 3.71. The number of aromatic nitrogens is 2. The van der Waals surface area contributed by atoms with Crippen molar-refractivity contribution >= 4 is 32.7 Å². The van der Waals surface area contributed by atoms with Gasteiger partial charge < -0.3 is 5.73 Å². The van der Waals surface area contributed by atoms with Gasteiger partial charge in [0.25, 0.3) is 0 Å². The second-order valence-electron chi connectivity index (χ2n) is 4.38. The number of benzene rings is 2. The van der Waals surface area contributed by atoms with Gasteiger partial charge in [0.05, 0.1) is 16.5 Å². The minimum Gasteiger partial charge on any atom is -0.382 e. The van der Waals surface area contributed by atoms with Gasteiger partial charge in [0, 0.05) is 10.9 Å². The first-order valence-corrected chi connectivity index (χ1v) is 6.70. The maximum Gasteiger partial charge on any atom is 0.153 e. The molecule has 102 valence electrons. The summed E-state index contributed by atoms with van der Waals surface area (Å²) < 4.78 is 29.5. The van der Waals surface area contributed by atoms with Gasteiger partial charge in [-0.15, -0.1) is 0 Å². The summed E-state index contributed by atoms with van der Waals surface area (Å²) in [6.45, 7) is -0.0190. The summed E-state index contributed by atoms with van der Waals surface area (Å²) in [5, 5.41) is 4.91. The fourth-order valence-corrected chi connectivity index (χ4v) is 2.51. The summed E-state index contributed by atoms with van der Waals surface area (Å²) in [5.74, 6) is -0.886. The van der Waals surface area contributed by atoms with Crippen molar-refractivity contribution in [2.45, 2.75) is 6.54 Å². The SMILES string of the molecule is Nc1nn(Cc2c(F)ccc(Br)c2F)c2ccccc12. The van der Waals surface area contributed by atoms with Crippen molar-refractivity contribution in [3.8, 4) is 0 Å². The monoisotopic (exact) mass is 337 g/mol. The van der Waals surface area contributed by atoms with Crippen LogP contribution in [0.5, 0.6) is 0 Å². The van der Waals surface area contributed by atoms with E-state index in [9.17, 15) is 8.78 Å². The second kappa shape index (κ2) is 4.86. The van der Waals surface area contributed by atoms with Crippen LogP contribution in [0.25, 0.3) is 10.9 Å². The highest BCUT2D eigenvalue weighted by Crippen LogP contribution is 2.25. The van der Waals surface area contributed by atoms with Crippen LogP contribution in [0, 0.1) is 11.6 Å². The number of nitrogen functional groups attached to an aromatic ring is 1. The smallest absolute Gasteiger partial charge is 0.153 e. The van der Waals surface area contributed by atoms with Gasteiger partial charge in [-0.25, -0.2) is 8.78 Å². The summed E-state index contributed by atoms with van der Waals surface area (Å²) in [7, 11) is 0. The van der Waals surface area contributed by atoms with E-state index in [1.165, 1.54) is 16.8 Å². The summed E-state index contributed by atoms with van der Waals surface area (Å²) in [6, 6.07) is 9.86. The Balaban J connectivity index is 2.13. The number of rotatable bonds is 2. The standard InChI is InChI=1S/C14H10BrF2N3/c15-10-5-6-11(16)9(13(10)17)7-20-12-4-2-1-3-8(12)14(18)19-20/h1-6H,7H2,(H2,18,19). The highest BCUT2D eigenvalue weighted by Gasteiger charge is 2.15. The molecule has 0 aliphatic carbocycles. The highest BCUT2D eigenvalue weighted by atomic mass is 79.9. The molecule has 0 amide bonds. The summed E-state index contributed by atoms with van der Waals surface area (Å²) >= 11 is 3.05. The molecule has 3 aromatic rings. The molecule has 0 spiro atoms. The number of fused-ring (bicyclic) bond motifs is 1. The van der Waals surface area contributed by atoms with E-state index in [0.717, 1.165) is 10.9 Å². The number of halogens is 3. The van der Waals surface area contributed by atoms with Crippen molar-refractivity contribution in [2.24, 2.45) is 0 Å². The van der Waals surface area contributed by atoms with E-state index in [1.54, 1.807) is 0 Å². The molecule has 20 heavy (non-hydrogen) atoms. The van der Waals surface area contributed by atoms with Gasteiger partial charge in [0.1, 0.15) is 11.6 Å². The highest BCUT2D eigenvalue weighted by molar-refractivity contribution is 9.10. The third-order valence-corrected chi connectivity index (χ3v) is 3.75. The first-order valence-electron chi connectivity index (χ1n) is 5.91. The Morgan fingerprint density at radius 2 is 1.90 bits per heavy atom. The first kappa shape index (κ1) is 13.1. The number of nitrogens with zero attached hydrogens (tertiary/aromatic N) is 2. The van der Waals surface area contributed by atoms with Crippen molar-refractivity contribution in [3.05, 3.63) is 58.1 Å². The van der Waals surface area contributed by atoms with Crippen LogP contribution in [0.4, 0.5) is 14.6 Å². The van der Waals surface area contributed by atoms with Crippen LogP contribution < -0.4 is 5.73 Å². The normalized spacial score (nSPS) is 11.2. The van der Waals surface area contributed by atoms with Crippen molar-refractivity contribution in [3.63, 3.8) is 0 Å². The zero-order valence-corrected chi connectivity index (χ0v) is 11.9. The molecule has 0 aliphatic heterocycles. The fourth-order valence-electron chi connectivity index (χ4n) is 2.14. The van der Waals surface area contributed by atoms with Crippen LogP contribution in [-0.4, -0.2) is 9.78 Å². The maximum absolute atomic E-state index is 14.0. The summed E-state index contributed by atoms with van der Waals surface area (Å²) in [6.07, 6.45) is 0. The Kier molecular flexibility index (Phi) is 3.17. The average molecular weight is 338 g/mol. The van der Waals surface area contributed by atoms with Gasteiger partial charge in [-0.3, -0.25) is 4.68 Å². The molecule has 0 saturated heterocycles. The molecule has 3 nitrogen and oxygen atoms in total. The van der Waals surface area contributed by atoms with E-state index in [2.05, 4.69) is 21.0 Å². The lowest BCUT2D eigenvalue weighted by Gasteiger charge is -2.07. The molecular weight excluding hydrogens is 328 g/mol. The molecule has 0 fully saturated rings. The van der Waals surface area contributed by atoms with E-state index in [0.29, 0.717) is 5.82 Å². The lowest BCUT2D eigenvalue weighted by molar-refractivity contribution is 0.533. The van der Waals surface area contributed by atoms with Crippen LogP contribution in [-0.2, 0) is 6.54 Å². The minimum atomic E-state index is -0.622. The van der Waals surface area contributed by atoms with Crippen molar-refractivity contribution in [2.75, 3.05) is 5.73 Å².